The lowest BCUT2D eigenvalue weighted by atomic mass is 9.68. The molecule has 0 saturated carbocycles. The predicted octanol–water partition coefficient (Wildman–Crippen LogP) is 5.30. The molecule has 32 heavy (non-hydrogen) atoms. The van der Waals surface area contributed by atoms with Gasteiger partial charge in [-0.05, 0) is 53.4 Å². The van der Waals surface area contributed by atoms with Crippen LogP contribution >= 0.6 is 0 Å². The van der Waals surface area contributed by atoms with E-state index in [9.17, 15) is 0 Å². The molecule has 164 valence electrons. The highest BCUT2D eigenvalue weighted by atomic mass is 16.5. The highest BCUT2D eigenvalue weighted by Crippen LogP contribution is 2.40. The smallest absolute Gasteiger partial charge is 0.204 e. The number of hydrogen-bond donors (Lipinski definition) is 0. The Kier molecular flexibility index (Phi) is 6.30. The van der Waals surface area contributed by atoms with Gasteiger partial charge in [0.1, 0.15) is 12.4 Å². The first-order valence-corrected chi connectivity index (χ1v) is 11.0. The summed E-state index contributed by atoms with van der Waals surface area (Å²) in [6, 6.07) is 22.8. The number of rotatable bonds is 8. The third-order valence-electron chi connectivity index (χ3n) is 6.20. The van der Waals surface area contributed by atoms with Crippen LogP contribution in [0, 0.1) is 5.92 Å². The van der Waals surface area contributed by atoms with Crippen LogP contribution in [0.5, 0.6) is 5.75 Å². The Morgan fingerprint density at radius 2 is 1.62 bits per heavy atom. The molecule has 2 aromatic carbocycles. The predicted molar refractivity (Wildman–Crippen MR) is 125 cm³/mol. The molecule has 0 N–H and O–H groups in total. The minimum atomic E-state index is -0.146. The molecule has 0 amide bonds. The summed E-state index contributed by atoms with van der Waals surface area (Å²) in [4.78, 5) is 5.91. The number of aryl methyl sites for hydroxylation is 1. The maximum Gasteiger partial charge on any atom is 0.204 e. The van der Waals surface area contributed by atoms with Crippen molar-refractivity contribution < 1.29 is 4.74 Å². The zero-order valence-corrected chi connectivity index (χ0v) is 19.1. The van der Waals surface area contributed by atoms with E-state index in [0.29, 0.717) is 24.9 Å². The summed E-state index contributed by atoms with van der Waals surface area (Å²) in [6.07, 6.45) is 1.78. The van der Waals surface area contributed by atoms with Crippen LogP contribution in [-0.2, 0) is 18.6 Å². The Labute approximate surface area is 189 Å². The summed E-state index contributed by atoms with van der Waals surface area (Å²) in [5.41, 5.74) is 4.24. The van der Waals surface area contributed by atoms with Crippen molar-refractivity contribution in [2.75, 3.05) is 0 Å². The summed E-state index contributed by atoms with van der Waals surface area (Å²) in [5, 5.41) is 12.6. The van der Waals surface area contributed by atoms with Crippen LogP contribution in [0.1, 0.15) is 44.5 Å². The summed E-state index contributed by atoms with van der Waals surface area (Å²) in [6.45, 7) is 9.97. The number of ether oxygens (including phenoxy) is 1. The van der Waals surface area contributed by atoms with Gasteiger partial charge in [0.15, 0.2) is 0 Å². The molecule has 2 heterocycles. The summed E-state index contributed by atoms with van der Waals surface area (Å²) >= 11 is 0. The Balaban J connectivity index is 1.55. The molecule has 0 aliphatic heterocycles. The van der Waals surface area contributed by atoms with Crippen molar-refractivity contribution in [1.29, 1.82) is 0 Å². The van der Waals surface area contributed by atoms with E-state index < -0.39 is 0 Å². The Morgan fingerprint density at radius 1 is 0.938 bits per heavy atom. The first kappa shape index (κ1) is 21.7. The third kappa shape index (κ3) is 4.40. The van der Waals surface area contributed by atoms with Gasteiger partial charge >= 0.3 is 0 Å². The molecule has 4 rings (SSSR count). The number of benzene rings is 2. The Bertz CT molecular complexity index is 1140. The molecule has 0 radical (unpaired) electrons. The summed E-state index contributed by atoms with van der Waals surface area (Å²) in [7, 11) is 0. The fourth-order valence-corrected chi connectivity index (χ4v) is 3.83. The molecule has 2 aromatic heterocycles. The molecule has 4 aromatic rings. The average Bonchev–Trinajstić information content (AvgIpc) is 3.33. The highest BCUT2D eigenvalue weighted by Gasteiger charge is 2.32. The van der Waals surface area contributed by atoms with Crippen molar-refractivity contribution in [2.45, 2.75) is 46.3 Å². The molecular formula is C26H29N5O. The van der Waals surface area contributed by atoms with Gasteiger partial charge in [0.2, 0.25) is 5.82 Å². The highest BCUT2D eigenvalue weighted by molar-refractivity contribution is 5.56. The van der Waals surface area contributed by atoms with Gasteiger partial charge in [-0.3, -0.25) is 4.98 Å². The van der Waals surface area contributed by atoms with Crippen molar-refractivity contribution in [2.24, 2.45) is 5.92 Å². The van der Waals surface area contributed by atoms with Crippen LogP contribution in [0.3, 0.4) is 0 Å². The van der Waals surface area contributed by atoms with Gasteiger partial charge in [-0.1, -0.05) is 63.2 Å². The van der Waals surface area contributed by atoms with Gasteiger partial charge in [-0.25, -0.2) is 0 Å². The van der Waals surface area contributed by atoms with E-state index in [1.165, 1.54) is 11.1 Å². The van der Waals surface area contributed by atoms with Gasteiger partial charge in [0.05, 0.1) is 12.2 Å². The molecule has 1 atom stereocenters. The number of aromatic nitrogens is 5. The van der Waals surface area contributed by atoms with Crippen LogP contribution in [0.4, 0.5) is 0 Å². The average molecular weight is 428 g/mol. The lowest BCUT2D eigenvalue weighted by Crippen LogP contribution is -2.30. The second-order valence-corrected chi connectivity index (χ2v) is 8.37. The van der Waals surface area contributed by atoms with Gasteiger partial charge in [-0.2, -0.15) is 4.80 Å². The van der Waals surface area contributed by atoms with E-state index in [1.807, 2.05) is 37.3 Å². The maximum atomic E-state index is 5.92. The second-order valence-electron chi connectivity index (χ2n) is 8.37. The maximum absolute atomic E-state index is 5.92. The number of hydrogen-bond acceptors (Lipinski definition) is 5. The molecule has 6 heteroatoms. The fourth-order valence-electron chi connectivity index (χ4n) is 3.83. The van der Waals surface area contributed by atoms with E-state index in [0.717, 1.165) is 17.0 Å². The summed E-state index contributed by atoms with van der Waals surface area (Å²) < 4.78 is 5.92. The lowest BCUT2D eigenvalue weighted by molar-refractivity contribution is 0.301. The van der Waals surface area contributed by atoms with E-state index >= 15 is 0 Å². The Hall–Kier alpha value is -3.54. The van der Waals surface area contributed by atoms with Crippen LogP contribution < -0.4 is 4.74 Å². The quantitative estimate of drug-likeness (QED) is 0.382. The topological polar surface area (TPSA) is 65.7 Å². The van der Waals surface area contributed by atoms with E-state index in [4.69, 9.17) is 4.74 Å². The number of pyridine rings is 1. The normalized spacial score (nSPS) is 13.2. The largest absolute Gasteiger partial charge is 0.487 e. The molecular weight excluding hydrogens is 398 g/mol. The van der Waals surface area contributed by atoms with Gasteiger partial charge in [-0.15, -0.1) is 10.2 Å². The van der Waals surface area contributed by atoms with E-state index in [1.54, 1.807) is 11.0 Å². The van der Waals surface area contributed by atoms with Gasteiger partial charge in [0.25, 0.3) is 0 Å². The minimum Gasteiger partial charge on any atom is -0.487 e. The standard InChI is InChI=1S/C26H29N5O/c1-5-31-29-25(28-30-31)20-9-11-21(12-10-20)26(4,19(2)3)22-13-15-24(16-14-22)32-18-23-8-6-7-17-27-23/h6-17,19H,5,18H2,1-4H3. The number of nitrogens with zero attached hydrogens (tertiary/aromatic N) is 5. The molecule has 0 fully saturated rings. The first-order valence-electron chi connectivity index (χ1n) is 11.0. The monoisotopic (exact) mass is 427 g/mol. The molecule has 0 aliphatic carbocycles. The molecule has 0 saturated heterocycles. The van der Waals surface area contributed by atoms with Crippen molar-refractivity contribution in [3.63, 3.8) is 0 Å². The minimum absolute atomic E-state index is 0.146. The van der Waals surface area contributed by atoms with Crippen molar-refractivity contribution in [3.8, 4) is 17.1 Å². The van der Waals surface area contributed by atoms with Gasteiger partial charge in [0, 0.05) is 17.2 Å². The lowest BCUT2D eigenvalue weighted by Gasteiger charge is -2.35. The van der Waals surface area contributed by atoms with Crippen molar-refractivity contribution >= 4 is 0 Å². The van der Waals surface area contributed by atoms with Crippen LogP contribution in [0.15, 0.2) is 72.9 Å². The van der Waals surface area contributed by atoms with Crippen LogP contribution in [-0.4, -0.2) is 25.2 Å². The van der Waals surface area contributed by atoms with Crippen molar-refractivity contribution in [3.05, 3.63) is 89.7 Å². The molecule has 0 aliphatic rings. The SMILES string of the molecule is CCn1nnc(-c2ccc(C(C)(c3ccc(OCc4ccccn4)cc3)C(C)C)cc2)n1. The molecule has 6 nitrogen and oxygen atoms in total. The van der Waals surface area contributed by atoms with E-state index in [2.05, 4.69) is 77.6 Å². The van der Waals surface area contributed by atoms with Crippen molar-refractivity contribution in [1.82, 2.24) is 25.2 Å². The molecule has 0 spiro atoms. The number of tetrazole rings is 1. The summed E-state index contributed by atoms with van der Waals surface area (Å²) in [5.74, 6) is 1.89. The Morgan fingerprint density at radius 3 is 2.19 bits per heavy atom. The fraction of sp³-hybridized carbons (Fsp3) is 0.308. The first-order chi connectivity index (χ1) is 15.5. The molecule has 0 bridgehead atoms. The zero-order valence-electron chi connectivity index (χ0n) is 19.1. The van der Waals surface area contributed by atoms with Crippen LogP contribution in [0.25, 0.3) is 11.4 Å². The second kappa shape index (κ2) is 9.30. The third-order valence-corrected chi connectivity index (χ3v) is 6.20. The van der Waals surface area contributed by atoms with Crippen LogP contribution in [0.2, 0.25) is 0 Å². The molecule has 1 unspecified atom stereocenters. The van der Waals surface area contributed by atoms with Gasteiger partial charge < -0.3 is 4.74 Å². The zero-order chi connectivity index (χ0) is 22.6. The van der Waals surface area contributed by atoms with E-state index in [-0.39, 0.29) is 5.41 Å².